The number of hydrogen-bond donors (Lipinski definition) is 2. The Bertz CT molecular complexity index is 785. The minimum Gasteiger partial charge on any atom is -0.457 e. The van der Waals surface area contributed by atoms with Gasteiger partial charge in [0.25, 0.3) is 0 Å². The predicted octanol–water partition coefficient (Wildman–Crippen LogP) is 2.83. The standard InChI is InChI=1S/C17H19N3O3S.ClH/c1-22-9-8-18-11-16(21)19-10-12-6-7-14(23-12)17-20-13-4-2-3-5-15(13)24-17;/h2-7,18H,8-11H2,1H3,(H,19,21);1H. The van der Waals surface area contributed by atoms with Crippen LogP contribution in [-0.4, -0.2) is 37.7 Å². The molecule has 3 aromatic rings. The molecule has 3 rings (SSSR count). The van der Waals surface area contributed by atoms with E-state index in [2.05, 4.69) is 15.6 Å². The number of methoxy groups -OCH3 is 1. The van der Waals surface area contributed by atoms with Crippen LogP contribution in [0, 0.1) is 0 Å². The Balaban J connectivity index is 0.00000225. The van der Waals surface area contributed by atoms with Crippen molar-refractivity contribution in [3.63, 3.8) is 0 Å². The second kappa shape index (κ2) is 9.53. The van der Waals surface area contributed by atoms with Gasteiger partial charge >= 0.3 is 0 Å². The normalized spacial score (nSPS) is 10.6. The van der Waals surface area contributed by atoms with Crippen LogP contribution in [0.4, 0.5) is 0 Å². The third-order valence-electron chi connectivity index (χ3n) is 3.39. The number of aromatic nitrogens is 1. The third-order valence-corrected chi connectivity index (χ3v) is 4.45. The molecule has 0 aliphatic carbocycles. The lowest BCUT2D eigenvalue weighted by molar-refractivity contribution is -0.120. The van der Waals surface area contributed by atoms with Crippen molar-refractivity contribution >= 4 is 39.9 Å². The number of nitrogens with zero attached hydrogens (tertiary/aromatic N) is 1. The highest BCUT2D eigenvalue weighted by molar-refractivity contribution is 7.21. The van der Waals surface area contributed by atoms with Gasteiger partial charge in [-0.25, -0.2) is 4.98 Å². The number of benzene rings is 1. The molecule has 25 heavy (non-hydrogen) atoms. The van der Waals surface area contributed by atoms with Crippen LogP contribution in [0.25, 0.3) is 21.0 Å². The SMILES string of the molecule is COCCNCC(=O)NCc1ccc(-c2nc3ccccc3s2)o1.Cl. The van der Waals surface area contributed by atoms with Crippen molar-refractivity contribution in [1.29, 1.82) is 0 Å². The summed E-state index contributed by atoms with van der Waals surface area (Å²) in [5.41, 5.74) is 0.964. The van der Waals surface area contributed by atoms with E-state index in [1.165, 1.54) is 0 Å². The summed E-state index contributed by atoms with van der Waals surface area (Å²) in [6, 6.07) is 11.7. The molecule has 0 radical (unpaired) electrons. The summed E-state index contributed by atoms with van der Waals surface area (Å²) in [6.45, 7) is 1.84. The molecule has 0 fully saturated rings. The minimum atomic E-state index is -0.0796. The van der Waals surface area contributed by atoms with Crippen molar-refractivity contribution in [1.82, 2.24) is 15.6 Å². The van der Waals surface area contributed by atoms with Crippen LogP contribution in [0.5, 0.6) is 0 Å². The molecule has 0 aliphatic heterocycles. The highest BCUT2D eigenvalue weighted by Gasteiger charge is 2.11. The number of furan rings is 1. The summed E-state index contributed by atoms with van der Waals surface area (Å²) in [7, 11) is 1.63. The molecule has 2 aromatic heterocycles. The molecule has 0 saturated heterocycles. The molecule has 0 saturated carbocycles. The van der Waals surface area contributed by atoms with E-state index < -0.39 is 0 Å². The molecule has 0 unspecified atom stereocenters. The van der Waals surface area contributed by atoms with Crippen molar-refractivity contribution in [2.24, 2.45) is 0 Å². The van der Waals surface area contributed by atoms with Crippen molar-refractivity contribution < 1.29 is 13.9 Å². The smallest absolute Gasteiger partial charge is 0.234 e. The Morgan fingerprint density at radius 1 is 1.28 bits per heavy atom. The van der Waals surface area contributed by atoms with E-state index in [-0.39, 0.29) is 24.9 Å². The van der Waals surface area contributed by atoms with Crippen LogP contribution in [-0.2, 0) is 16.1 Å². The Morgan fingerprint density at radius 3 is 2.92 bits per heavy atom. The summed E-state index contributed by atoms with van der Waals surface area (Å²) in [5.74, 6) is 1.34. The van der Waals surface area contributed by atoms with Crippen LogP contribution in [0.2, 0.25) is 0 Å². The number of thiazole rings is 1. The lowest BCUT2D eigenvalue weighted by Gasteiger charge is -2.04. The van der Waals surface area contributed by atoms with Gasteiger partial charge in [-0.05, 0) is 24.3 Å². The molecule has 1 amide bonds. The van der Waals surface area contributed by atoms with E-state index >= 15 is 0 Å². The van der Waals surface area contributed by atoms with Crippen LogP contribution in [0.1, 0.15) is 5.76 Å². The number of nitrogens with one attached hydrogen (secondary N) is 2. The highest BCUT2D eigenvalue weighted by Crippen LogP contribution is 2.30. The van der Waals surface area contributed by atoms with E-state index in [1.807, 2.05) is 36.4 Å². The van der Waals surface area contributed by atoms with Crippen molar-refractivity contribution in [3.8, 4) is 10.8 Å². The minimum absolute atomic E-state index is 0. The third kappa shape index (κ3) is 5.27. The largest absolute Gasteiger partial charge is 0.457 e. The van der Waals surface area contributed by atoms with Gasteiger partial charge in [0.05, 0.1) is 29.9 Å². The zero-order valence-electron chi connectivity index (χ0n) is 13.8. The van der Waals surface area contributed by atoms with E-state index in [4.69, 9.17) is 9.15 Å². The fraction of sp³-hybridized carbons (Fsp3) is 0.294. The number of ether oxygens (including phenoxy) is 1. The maximum Gasteiger partial charge on any atom is 0.234 e. The topological polar surface area (TPSA) is 76.4 Å². The first-order valence-electron chi connectivity index (χ1n) is 7.67. The number of rotatable bonds is 8. The first kappa shape index (κ1) is 19.4. The van der Waals surface area contributed by atoms with Gasteiger partial charge in [-0.2, -0.15) is 0 Å². The number of halogens is 1. The molecule has 2 N–H and O–H groups in total. The fourth-order valence-corrected chi connectivity index (χ4v) is 3.12. The number of carbonyl (C=O) groups excluding carboxylic acids is 1. The summed E-state index contributed by atoms with van der Waals surface area (Å²) in [5, 5.41) is 6.65. The fourth-order valence-electron chi connectivity index (χ4n) is 2.19. The Hall–Kier alpha value is -1.93. The van der Waals surface area contributed by atoms with Gasteiger partial charge in [0.2, 0.25) is 5.91 Å². The van der Waals surface area contributed by atoms with Crippen molar-refractivity contribution in [2.45, 2.75) is 6.54 Å². The van der Waals surface area contributed by atoms with Gasteiger partial charge in [-0.3, -0.25) is 4.79 Å². The number of amides is 1. The Kier molecular flexibility index (Phi) is 7.39. The second-order valence-electron chi connectivity index (χ2n) is 5.20. The van der Waals surface area contributed by atoms with E-state index in [0.717, 1.165) is 21.0 Å². The zero-order chi connectivity index (χ0) is 16.8. The molecule has 0 aliphatic rings. The van der Waals surface area contributed by atoms with Crippen molar-refractivity contribution in [3.05, 3.63) is 42.2 Å². The molecule has 1 aromatic carbocycles. The molecule has 0 spiro atoms. The monoisotopic (exact) mass is 381 g/mol. The lowest BCUT2D eigenvalue weighted by atomic mass is 10.3. The molecule has 2 heterocycles. The van der Waals surface area contributed by atoms with Gasteiger partial charge < -0.3 is 19.8 Å². The number of carbonyl (C=O) groups is 1. The Labute approximate surface area is 156 Å². The average molecular weight is 382 g/mol. The maximum atomic E-state index is 11.7. The molecule has 134 valence electrons. The van der Waals surface area contributed by atoms with Crippen molar-refractivity contribution in [2.75, 3.05) is 26.8 Å². The summed E-state index contributed by atoms with van der Waals surface area (Å²) < 4.78 is 11.8. The van der Waals surface area contributed by atoms with E-state index in [9.17, 15) is 4.79 Å². The number of hydrogen-bond acceptors (Lipinski definition) is 6. The quantitative estimate of drug-likeness (QED) is 0.587. The van der Waals surface area contributed by atoms with E-state index in [0.29, 0.717) is 25.5 Å². The molecule has 0 atom stereocenters. The first-order chi connectivity index (χ1) is 11.8. The predicted molar refractivity (Wildman–Crippen MR) is 101 cm³/mol. The zero-order valence-corrected chi connectivity index (χ0v) is 15.4. The molecule has 0 bridgehead atoms. The van der Waals surface area contributed by atoms with Gasteiger partial charge in [-0.1, -0.05) is 12.1 Å². The summed E-state index contributed by atoms with van der Waals surface area (Å²) in [4.78, 5) is 16.3. The van der Waals surface area contributed by atoms with Crippen LogP contribution >= 0.6 is 23.7 Å². The van der Waals surface area contributed by atoms with E-state index in [1.54, 1.807) is 18.4 Å². The first-order valence-corrected chi connectivity index (χ1v) is 8.49. The molecule has 6 nitrogen and oxygen atoms in total. The summed E-state index contributed by atoms with van der Waals surface area (Å²) >= 11 is 1.59. The second-order valence-corrected chi connectivity index (χ2v) is 6.23. The lowest BCUT2D eigenvalue weighted by Crippen LogP contribution is -2.34. The average Bonchev–Trinajstić information content (AvgIpc) is 3.23. The number of fused-ring (bicyclic) bond motifs is 1. The Morgan fingerprint density at radius 2 is 2.12 bits per heavy atom. The van der Waals surface area contributed by atoms with Gasteiger partial charge in [0, 0.05) is 13.7 Å². The highest BCUT2D eigenvalue weighted by atomic mass is 35.5. The molecular formula is C17H20ClN3O3S. The van der Waals surface area contributed by atoms with Gasteiger partial charge in [0.15, 0.2) is 10.8 Å². The molecule has 8 heteroatoms. The summed E-state index contributed by atoms with van der Waals surface area (Å²) in [6.07, 6.45) is 0. The van der Waals surface area contributed by atoms with Gasteiger partial charge in [-0.15, -0.1) is 23.7 Å². The number of para-hydroxylation sites is 1. The van der Waals surface area contributed by atoms with Crippen LogP contribution in [0.3, 0.4) is 0 Å². The maximum absolute atomic E-state index is 11.7. The molecular weight excluding hydrogens is 362 g/mol. The van der Waals surface area contributed by atoms with Gasteiger partial charge in [0.1, 0.15) is 5.76 Å². The van der Waals surface area contributed by atoms with Crippen LogP contribution < -0.4 is 10.6 Å². The van der Waals surface area contributed by atoms with Crippen LogP contribution in [0.15, 0.2) is 40.8 Å².